The van der Waals surface area contributed by atoms with Gasteiger partial charge in [0.2, 0.25) is 0 Å². The SMILES string of the molecule is O=C1CC2CCC(I)C(CC[C@H]3CCCC3=O)[C@H]2C1. The second-order valence-electron chi connectivity index (χ2n) is 6.76. The topological polar surface area (TPSA) is 34.1 Å². The standard InChI is InChI=1S/C16H23IO2/c17-15-7-5-11-8-12(18)9-14(11)13(15)6-4-10-2-1-3-16(10)19/h10-11,13-15H,1-9H2/t10-,11?,13?,14+,15?/m1/s1. The lowest BCUT2D eigenvalue weighted by atomic mass is 9.71. The van der Waals surface area contributed by atoms with E-state index in [-0.39, 0.29) is 0 Å². The maximum absolute atomic E-state index is 11.8. The van der Waals surface area contributed by atoms with E-state index in [9.17, 15) is 9.59 Å². The van der Waals surface area contributed by atoms with Crippen LogP contribution < -0.4 is 0 Å². The molecule has 0 radical (unpaired) electrons. The fourth-order valence-corrected chi connectivity index (χ4v) is 5.86. The maximum atomic E-state index is 11.8. The molecule has 0 N–H and O–H groups in total. The lowest BCUT2D eigenvalue weighted by molar-refractivity contribution is -0.121. The summed E-state index contributed by atoms with van der Waals surface area (Å²) >= 11 is 2.60. The Morgan fingerprint density at radius 1 is 1.05 bits per heavy atom. The van der Waals surface area contributed by atoms with E-state index in [2.05, 4.69) is 22.6 Å². The van der Waals surface area contributed by atoms with E-state index in [0.29, 0.717) is 35.2 Å². The van der Waals surface area contributed by atoms with Gasteiger partial charge in [0.15, 0.2) is 0 Å². The molecule has 0 aromatic rings. The molecule has 0 spiro atoms. The summed E-state index contributed by atoms with van der Waals surface area (Å²) in [6.45, 7) is 0. The summed E-state index contributed by atoms with van der Waals surface area (Å²) in [4.78, 5) is 23.5. The Morgan fingerprint density at radius 3 is 2.63 bits per heavy atom. The zero-order valence-corrected chi connectivity index (χ0v) is 13.6. The normalized spacial score (nSPS) is 42.7. The van der Waals surface area contributed by atoms with Crippen LogP contribution in [0.25, 0.3) is 0 Å². The highest BCUT2D eigenvalue weighted by atomic mass is 127. The minimum atomic E-state index is 0.348. The highest BCUT2D eigenvalue weighted by Gasteiger charge is 2.43. The molecule has 3 aliphatic rings. The molecule has 2 nitrogen and oxygen atoms in total. The molecule has 3 aliphatic carbocycles. The fraction of sp³-hybridized carbons (Fsp3) is 0.875. The largest absolute Gasteiger partial charge is 0.300 e. The van der Waals surface area contributed by atoms with Gasteiger partial charge in [-0.15, -0.1) is 0 Å². The zero-order valence-electron chi connectivity index (χ0n) is 11.4. The molecule has 3 rings (SSSR count). The Labute approximate surface area is 129 Å². The van der Waals surface area contributed by atoms with Crippen LogP contribution in [0.5, 0.6) is 0 Å². The van der Waals surface area contributed by atoms with Gasteiger partial charge in [-0.25, -0.2) is 0 Å². The molecule has 3 fully saturated rings. The number of carbonyl (C=O) groups excluding carboxylic acids is 2. The molecular formula is C16H23IO2. The monoisotopic (exact) mass is 374 g/mol. The first-order valence-electron chi connectivity index (χ1n) is 7.83. The number of carbonyl (C=O) groups is 2. The second kappa shape index (κ2) is 5.82. The van der Waals surface area contributed by atoms with E-state index in [0.717, 1.165) is 42.4 Å². The molecule has 0 saturated heterocycles. The van der Waals surface area contributed by atoms with Crippen molar-refractivity contribution in [2.24, 2.45) is 23.7 Å². The van der Waals surface area contributed by atoms with E-state index >= 15 is 0 Å². The van der Waals surface area contributed by atoms with Gasteiger partial charge in [0, 0.05) is 29.1 Å². The van der Waals surface area contributed by atoms with Crippen molar-refractivity contribution in [3.05, 3.63) is 0 Å². The molecule has 5 atom stereocenters. The van der Waals surface area contributed by atoms with Gasteiger partial charge in [-0.1, -0.05) is 22.6 Å². The van der Waals surface area contributed by atoms with Crippen molar-refractivity contribution in [3.8, 4) is 0 Å². The second-order valence-corrected chi connectivity index (χ2v) is 8.36. The Kier molecular flexibility index (Phi) is 4.30. The number of ketones is 2. The lowest BCUT2D eigenvalue weighted by Gasteiger charge is -2.37. The molecule has 0 bridgehead atoms. The number of fused-ring (bicyclic) bond motifs is 1. The van der Waals surface area contributed by atoms with Crippen molar-refractivity contribution in [1.82, 2.24) is 0 Å². The van der Waals surface area contributed by atoms with Gasteiger partial charge >= 0.3 is 0 Å². The van der Waals surface area contributed by atoms with Crippen molar-refractivity contribution in [2.45, 2.75) is 61.7 Å². The van der Waals surface area contributed by atoms with Crippen molar-refractivity contribution in [2.75, 3.05) is 0 Å². The molecule has 106 valence electrons. The number of hydrogen-bond donors (Lipinski definition) is 0. The Morgan fingerprint density at radius 2 is 1.89 bits per heavy atom. The summed E-state index contributed by atoms with van der Waals surface area (Å²) in [5, 5.41) is 0. The summed E-state index contributed by atoms with van der Waals surface area (Å²) in [7, 11) is 0. The van der Waals surface area contributed by atoms with Gasteiger partial charge < -0.3 is 0 Å². The van der Waals surface area contributed by atoms with Gasteiger partial charge in [0.1, 0.15) is 11.6 Å². The van der Waals surface area contributed by atoms with Crippen LogP contribution in [0.2, 0.25) is 0 Å². The molecule has 0 aliphatic heterocycles. The third-order valence-electron chi connectivity index (χ3n) is 5.67. The first-order valence-corrected chi connectivity index (χ1v) is 9.08. The van der Waals surface area contributed by atoms with Gasteiger partial charge in [-0.3, -0.25) is 9.59 Å². The number of alkyl halides is 1. The van der Waals surface area contributed by atoms with Gasteiger partial charge in [-0.05, 0) is 56.3 Å². The van der Waals surface area contributed by atoms with E-state index in [1.54, 1.807) is 0 Å². The fourth-order valence-electron chi connectivity index (χ4n) is 4.61. The Bertz CT molecular complexity index is 379. The van der Waals surface area contributed by atoms with E-state index < -0.39 is 0 Å². The average molecular weight is 374 g/mol. The number of halogens is 1. The quantitative estimate of drug-likeness (QED) is 0.554. The van der Waals surface area contributed by atoms with E-state index in [4.69, 9.17) is 0 Å². The predicted octanol–water partition coefficient (Wildman–Crippen LogP) is 3.94. The minimum absolute atomic E-state index is 0.348. The summed E-state index contributed by atoms with van der Waals surface area (Å²) in [6, 6.07) is 0. The van der Waals surface area contributed by atoms with Gasteiger partial charge in [0.05, 0.1) is 0 Å². The lowest BCUT2D eigenvalue weighted by Crippen LogP contribution is -2.32. The molecule has 0 amide bonds. The number of Topliss-reactive ketones (excluding diaryl/α,β-unsaturated/α-hetero) is 2. The predicted molar refractivity (Wildman–Crippen MR) is 83.3 cm³/mol. The number of rotatable bonds is 3. The Balaban J connectivity index is 1.61. The Hall–Kier alpha value is 0.0700. The third-order valence-corrected chi connectivity index (χ3v) is 7.21. The number of hydrogen-bond acceptors (Lipinski definition) is 2. The maximum Gasteiger partial charge on any atom is 0.135 e. The van der Waals surface area contributed by atoms with Crippen LogP contribution in [0.1, 0.15) is 57.8 Å². The highest BCUT2D eigenvalue weighted by molar-refractivity contribution is 14.1. The molecular weight excluding hydrogens is 351 g/mol. The van der Waals surface area contributed by atoms with Crippen LogP contribution in [-0.4, -0.2) is 15.5 Å². The summed E-state index contributed by atoms with van der Waals surface area (Å²) in [5.74, 6) is 3.34. The minimum Gasteiger partial charge on any atom is -0.300 e. The molecule has 3 heteroatoms. The average Bonchev–Trinajstić information content (AvgIpc) is 2.94. The van der Waals surface area contributed by atoms with Crippen molar-refractivity contribution >= 4 is 34.2 Å². The first-order chi connectivity index (χ1) is 9.15. The van der Waals surface area contributed by atoms with Gasteiger partial charge in [0.25, 0.3) is 0 Å². The van der Waals surface area contributed by atoms with Crippen molar-refractivity contribution < 1.29 is 9.59 Å². The first kappa shape index (κ1) is 14.0. The molecule has 19 heavy (non-hydrogen) atoms. The van der Waals surface area contributed by atoms with Crippen LogP contribution in [0.15, 0.2) is 0 Å². The van der Waals surface area contributed by atoms with E-state index in [1.807, 2.05) is 0 Å². The highest BCUT2D eigenvalue weighted by Crippen LogP contribution is 2.48. The van der Waals surface area contributed by atoms with Crippen molar-refractivity contribution in [1.29, 1.82) is 0 Å². The van der Waals surface area contributed by atoms with Crippen LogP contribution in [0.3, 0.4) is 0 Å². The van der Waals surface area contributed by atoms with Crippen LogP contribution >= 0.6 is 22.6 Å². The van der Waals surface area contributed by atoms with Gasteiger partial charge in [-0.2, -0.15) is 0 Å². The zero-order chi connectivity index (χ0) is 13.4. The third kappa shape index (κ3) is 2.91. The van der Waals surface area contributed by atoms with Crippen LogP contribution in [0.4, 0.5) is 0 Å². The summed E-state index contributed by atoms with van der Waals surface area (Å²) in [6.07, 6.45) is 9.49. The molecule has 0 heterocycles. The summed E-state index contributed by atoms with van der Waals surface area (Å²) < 4.78 is 0.723. The smallest absolute Gasteiger partial charge is 0.135 e. The molecule has 0 aromatic heterocycles. The summed E-state index contributed by atoms with van der Waals surface area (Å²) in [5.41, 5.74) is 0. The molecule has 3 saturated carbocycles. The van der Waals surface area contributed by atoms with Crippen molar-refractivity contribution in [3.63, 3.8) is 0 Å². The molecule has 3 unspecified atom stereocenters. The van der Waals surface area contributed by atoms with Crippen LogP contribution in [-0.2, 0) is 9.59 Å². The van der Waals surface area contributed by atoms with E-state index in [1.165, 1.54) is 19.3 Å². The van der Waals surface area contributed by atoms with Crippen LogP contribution in [0, 0.1) is 23.7 Å². The molecule has 0 aromatic carbocycles.